The van der Waals surface area contributed by atoms with E-state index in [1.807, 2.05) is 12.2 Å². The molecule has 0 aromatic heterocycles. The van der Waals surface area contributed by atoms with Gasteiger partial charge >= 0.3 is 0 Å². The van der Waals surface area contributed by atoms with Gasteiger partial charge in [-0.05, 0) is 12.1 Å². The van der Waals surface area contributed by atoms with E-state index in [2.05, 4.69) is 0 Å². The minimum absolute atomic E-state index is 0.0653. The molecular formula is C11H11NO4. The van der Waals surface area contributed by atoms with Crippen LogP contribution in [0.3, 0.4) is 0 Å². The highest BCUT2D eigenvalue weighted by Gasteiger charge is 2.14. The molecule has 0 aliphatic carbocycles. The smallest absolute Gasteiger partial charge is 0.269 e. The van der Waals surface area contributed by atoms with E-state index in [4.69, 9.17) is 9.47 Å². The van der Waals surface area contributed by atoms with Crippen LogP contribution in [-0.2, 0) is 9.47 Å². The van der Waals surface area contributed by atoms with Crippen LogP contribution < -0.4 is 0 Å². The number of rotatable bonds is 2. The van der Waals surface area contributed by atoms with Gasteiger partial charge in [-0.3, -0.25) is 10.1 Å². The molecule has 0 spiro atoms. The third-order valence-electron chi connectivity index (χ3n) is 2.23. The summed E-state index contributed by atoms with van der Waals surface area (Å²) in [5, 5.41) is 10.5. The second-order valence-corrected chi connectivity index (χ2v) is 3.32. The summed E-state index contributed by atoms with van der Waals surface area (Å²) in [4.78, 5) is 10.0. The molecule has 0 N–H and O–H groups in total. The van der Waals surface area contributed by atoms with E-state index in [0.717, 1.165) is 5.56 Å². The average molecular weight is 221 g/mol. The number of nitro groups is 1. The molecule has 0 fully saturated rings. The Labute approximate surface area is 92.4 Å². The highest BCUT2D eigenvalue weighted by molar-refractivity contribution is 5.33. The van der Waals surface area contributed by atoms with E-state index < -0.39 is 11.2 Å². The van der Waals surface area contributed by atoms with Crippen LogP contribution in [0.15, 0.2) is 36.4 Å². The van der Waals surface area contributed by atoms with E-state index in [-0.39, 0.29) is 5.69 Å². The molecule has 1 heterocycles. The van der Waals surface area contributed by atoms with Crippen LogP contribution in [0.5, 0.6) is 0 Å². The molecule has 0 amide bonds. The summed E-state index contributed by atoms with van der Waals surface area (Å²) in [6, 6.07) is 6.18. The monoisotopic (exact) mass is 221 g/mol. The van der Waals surface area contributed by atoms with E-state index in [0.29, 0.717) is 13.2 Å². The summed E-state index contributed by atoms with van der Waals surface area (Å²) >= 11 is 0. The summed E-state index contributed by atoms with van der Waals surface area (Å²) in [5.41, 5.74) is 0.852. The van der Waals surface area contributed by atoms with Gasteiger partial charge in [-0.1, -0.05) is 12.2 Å². The maximum Gasteiger partial charge on any atom is 0.269 e. The lowest BCUT2D eigenvalue weighted by molar-refractivity contribution is -0.384. The Morgan fingerprint density at radius 1 is 1.12 bits per heavy atom. The lowest BCUT2D eigenvalue weighted by Gasteiger charge is -2.15. The molecule has 0 radical (unpaired) electrons. The normalized spacial score (nSPS) is 17.0. The molecule has 1 aliphatic rings. The van der Waals surface area contributed by atoms with Gasteiger partial charge in [0.1, 0.15) is 0 Å². The summed E-state index contributed by atoms with van der Waals surface area (Å²) in [6.07, 6.45) is 3.31. The van der Waals surface area contributed by atoms with E-state index in [9.17, 15) is 10.1 Å². The molecule has 5 nitrogen and oxygen atoms in total. The van der Waals surface area contributed by atoms with Crippen molar-refractivity contribution in [2.45, 2.75) is 6.29 Å². The molecule has 5 heteroatoms. The molecule has 1 aromatic carbocycles. The van der Waals surface area contributed by atoms with Crippen LogP contribution in [0.25, 0.3) is 0 Å². The van der Waals surface area contributed by atoms with Crippen LogP contribution in [0.2, 0.25) is 0 Å². The first kappa shape index (κ1) is 10.8. The Balaban J connectivity index is 2.11. The largest absolute Gasteiger partial charge is 0.344 e. The molecule has 0 unspecified atom stereocenters. The van der Waals surface area contributed by atoms with Gasteiger partial charge in [0.15, 0.2) is 6.29 Å². The second-order valence-electron chi connectivity index (χ2n) is 3.32. The fourth-order valence-corrected chi connectivity index (χ4v) is 1.42. The van der Waals surface area contributed by atoms with Crippen LogP contribution in [-0.4, -0.2) is 18.1 Å². The van der Waals surface area contributed by atoms with Gasteiger partial charge in [-0.15, -0.1) is 0 Å². The first-order chi connectivity index (χ1) is 7.77. The van der Waals surface area contributed by atoms with Crippen molar-refractivity contribution in [3.05, 3.63) is 52.1 Å². The molecule has 1 aliphatic heterocycles. The van der Waals surface area contributed by atoms with Gasteiger partial charge in [0, 0.05) is 17.7 Å². The standard InChI is InChI=1S/C11H11NO4/c13-12(14)10-5-3-9(4-6-10)11-15-7-1-2-8-16-11/h1-6,11H,7-8H2. The minimum atomic E-state index is -0.448. The van der Waals surface area contributed by atoms with Crippen molar-refractivity contribution in [3.63, 3.8) is 0 Å². The predicted molar refractivity (Wildman–Crippen MR) is 56.9 cm³/mol. The van der Waals surface area contributed by atoms with Crippen LogP contribution in [0, 0.1) is 10.1 Å². The van der Waals surface area contributed by atoms with Crippen molar-refractivity contribution in [2.75, 3.05) is 13.2 Å². The van der Waals surface area contributed by atoms with Crippen molar-refractivity contribution >= 4 is 5.69 Å². The van der Waals surface area contributed by atoms with Crippen LogP contribution >= 0.6 is 0 Å². The first-order valence-electron chi connectivity index (χ1n) is 4.90. The molecule has 16 heavy (non-hydrogen) atoms. The molecule has 0 bridgehead atoms. The van der Waals surface area contributed by atoms with Crippen molar-refractivity contribution in [2.24, 2.45) is 0 Å². The maximum atomic E-state index is 10.5. The van der Waals surface area contributed by atoms with Crippen LogP contribution in [0.1, 0.15) is 11.9 Å². The van der Waals surface area contributed by atoms with Gasteiger partial charge in [0.2, 0.25) is 0 Å². The molecule has 84 valence electrons. The van der Waals surface area contributed by atoms with Gasteiger partial charge < -0.3 is 9.47 Å². The number of benzene rings is 1. The number of nitro benzene ring substituents is 1. The lowest BCUT2D eigenvalue weighted by atomic mass is 10.2. The summed E-state index contributed by atoms with van der Waals surface area (Å²) in [7, 11) is 0. The SMILES string of the molecule is O=[N+]([O-])c1ccc(C2OCC=CCO2)cc1. The van der Waals surface area contributed by atoms with Crippen molar-refractivity contribution < 1.29 is 14.4 Å². The highest BCUT2D eigenvalue weighted by Crippen LogP contribution is 2.22. The highest BCUT2D eigenvalue weighted by atomic mass is 16.7. The van der Waals surface area contributed by atoms with Gasteiger partial charge in [-0.2, -0.15) is 0 Å². The molecule has 2 rings (SSSR count). The van der Waals surface area contributed by atoms with Crippen molar-refractivity contribution in [1.82, 2.24) is 0 Å². The number of hydrogen-bond donors (Lipinski definition) is 0. The Hall–Kier alpha value is -1.72. The fourth-order valence-electron chi connectivity index (χ4n) is 1.42. The van der Waals surface area contributed by atoms with Gasteiger partial charge in [-0.25, -0.2) is 0 Å². The molecular weight excluding hydrogens is 210 g/mol. The minimum Gasteiger partial charge on any atom is -0.344 e. The van der Waals surface area contributed by atoms with Crippen LogP contribution in [0.4, 0.5) is 5.69 Å². The maximum absolute atomic E-state index is 10.5. The zero-order chi connectivity index (χ0) is 11.4. The number of non-ortho nitro benzene ring substituents is 1. The number of hydrogen-bond acceptors (Lipinski definition) is 4. The Bertz CT molecular complexity index is 389. The average Bonchev–Trinajstić information content (AvgIpc) is 2.57. The van der Waals surface area contributed by atoms with E-state index in [1.165, 1.54) is 12.1 Å². The topological polar surface area (TPSA) is 61.6 Å². The second kappa shape index (κ2) is 4.87. The zero-order valence-corrected chi connectivity index (χ0v) is 8.54. The summed E-state index contributed by atoms with van der Waals surface area (Å²) in [5.74, 6) is 0. The van der Waals surface area contributed by atoms with Gasteiger partial charge in [0.05, 0.1) is 18.1 Å². The Morgan fingerprint density at radius 2 is 1.69 bits per heavy atom. The molecule has 0 atom stereocenters. The quantitative estimate of drug-likeness (QED) is 0.436. The fraction of sp³-hybridized carbons (Fsp3) is 0.273. The zero-order valence-electron chi connectivity index (χ0n) is 8.54. The van der Waals surface area contributed by atoms with E-state index >= 15 is 0 Å². The lowest BCUT2D eigenvalue weighted by Crippen LogP contribution is -2.07. The number of nitrogens with zero attached hydrogens (tertiary/aromatic N) is 1. The first-order valence-corrected chi connectivity index (χ1v) is 4.90. The van der Waals surface area contributed by atoms with Crippen molar-refractivity contribution in [3.8, 4) is 0 Å². The Kier molecular flexibility index (Phi) is 3.28. The van der Waals surface area contributed by atoms with E-state index in [1.54, 1.807) is 12.1 Å². The summed E-state index contributed by atoms with van der Waals surface area (Å²) < 4.78 is 10.8. The third kappa shape index (κ3) is 2.44. The van der Waals surface area contributed by atoms with Gasteiger partial charge in [0.25, 0.3) is 5.69 Å². The molecule has 1 aromatic rings. The third-order valence-corrected chi connectivity index (χ3v) is 2.23. The summed E-state index contributed by atoms with van der Waals surface area (Å²) in [6.45, 7) is 0.976. The van der Waals surface area contributed by atoms with Crippen molar-refractivity contribution in [1.29, 1.82) is 0 Å². The number of ether oxygens (including phenoxy) is 2. The molecule has 0 saturated carbocycles. The Morgan fingerprint density at radius 3 is 2.19 bits per heavy atom. The molecule has 0 saturated heterocycles. The predicted octanol–water partition coefficient (Wildman–Crippen LogP) is 2.20.